The van der Waals surface area contributed by atoms with Gasteiger partial charge in [-0.3, -0.25) is 19.4 Å². The summed E-state index contributed by atoms with van der Waals surface area (Å²) in [6.07, 6.45) is 0. The minimum Gasteiger partial charge on any atom is -0.355 e. The number of carbonyl (C=O) groups is 2. The third-order valence-electron chi connectivity index (χ3n) is 4.23. The minimum absolute atomic E-state index is 0.0204. The molecule has 24 heavy (non-hydrogen) atoms. The molecule has 134 valence electrons. The summed E-state index contributed by atoms with van der Waals surface area (Å²) in [4.78, 5) is 31.7. The van der Waals surface area contributed by atoms with Gasteiger partial charge < -0.3 is 10.2 Å². The normalized spacial score (nSPS) is 15.7. The second-order valence-corrected chi connectivity index (χ2v) is 7.03. The number of rotatable bonds is 8. The lowest BCUT2D eigenvalue weighted by molar-refractivity contribution is -0.134. The molecule has 1 aliphatic heterocycles. The minimum atomic E-state index is -0.0204. The summed E-state index contributed by atoms with van der Waals surface area (Å²) < 4.78 is 0. The van der Waals surface area contributed by atoms with Gasteiger partial charge in [0, 0.05) is 44.1 Å². The van der Waals surface area contributed by atoms with E-state index in [2.05, 4.69) is 27.7 Å². The molecular formula is C17H28N4O2S. The van der Waals surface area contributed by atoms with Crippen molar-refractivity contribution in [3.05, 3.63) is 22.4 Å². The van der Waals surface area contributed by atoms with E-state index in [1.54, 1.807) is 11.3 Å². The first kappa shape index (κ1) is 18.9. The second-order valence-electron chi connectivity index (χ2n) is 5.99. The highest BCUT2D eigenvalue weighted by atomic mass is 32.1. The van der Waals surface area contributed by atoms with Gasteiger partial charge in [-0.15, -0.1) is 11.3 Å². The first-order valence-corrected chi connectivity index (χ1v) is 9.51. The van der Waals surface area contributed by atoms with Crippen molar-refractivity contribution in [2.45, 2.75) is 20.4 Å². The summed E-state index contributed by atoms with van der Waals surface area (Å²) in [5, 5.41) is 4.88. The highest BCUT2D eigenvalue weighted by molar-refractivity contribution is 7.09. The van der Waals surface area contributed by atoms with Crippen molar-refractivity contribution in [3.8, 4) is 0 Å². The molecular weight excluding hydrogens is 324 g/mol. The van der Waals surface area contributed by atoms with E-state index in [4.69, 9.17) is 0 Å². The van der Waals surface area contributed by atoms with Crippen LogP contribution in [0.1, 0.15) is 18.7 Å². The van der Waals surface area contributed by atoms with E-state index in [-0.39, 0.29) is 18.4 Å². The van der Waals surface area contributed by atoms with E-state index in [1.807, 2.05) is 23.6 Å². The number of piperazine rings is 1. The number of hydrogen-bond acceptors (Lipinski definition) is 5. The van der Waals surface area contributed by atoms with Crippen molar-refractivity contribution >= 4 is 23.2 Å². The Balaban J connectivity index is 1.74. The molecule has 1 N–H and O–H groups in total. The van der Waals surface area contributed by atoms with Crippen molar-refractivity contribution in [1.29, 1.82) is 0 Å². The monoisotopic (exact) mass is 352 g/mol. The second kappa shape index (κ2) is 9.76. The summed E-state index contributed by atoms with van der Waals surface area (Å²) >= 11 is 1.78. The molecule has 0 radical (unpaired) electrons. The molecule has 0 atom stereocenters. The van der Waals surface area contributed by atoms with Crippen LogP contribution in [0.4, 0.5) is 0 Å². The van der Waals surface area contributed by atoms with Crippen LogP contribution >= 0.6 is 11.3 Å². The molecule has 1 fully saturated rings. The van der Waals surface area contributed by atoms with Crippen molar-refractivity contribution in [2.24, 2.45) is 0 Å². The fourth-order valence-corrected chi connectivity index (χ4v) is 3.55. The Morgan fingerprint density at radius 3 is 2.54 bits per heavy atom. The van der Waals surface area contributed by atoms with Gasteiger partial charge in [0.25, 0.3) is 0 Å². The Bertz CT molecular complexity index is 513. The third-order valence-corrected chi connectivity index (χ3v) is 5.09. The van der Waals surface area contributed by atoms with E-state index in [1.165, 1.54) is 4.88 Å². The smallest absolute Gasteiger partial charge is 0.236 e. The predicted octanol–water partition coefficient (Wildman–Crippen LogP) is 0.850. The maximum absolute atomic E-state index is 12.5. The number of nitrogens with zero attached hydrogens (tertiary/aromatic N) is 3. The molecule has 1 saturated heterocycles. The number of amides is 2. The SMILES string of the molecule is CCNC(=O)CN(CC)CC(=O)N1CCN(Cc2cccs2)CC1. The summed E-state index contributed by atoms with van der Waals surface area (Å²) in [6.45, 7) is 10.1. The Labute approximate surface area is 148 Å². The molecule has 1 aromatic rings. The molecule has 2 rings (SSSR count). The molecule has 0 aromatic carbocycles. The van der Waals surface area contributed by atoms with Crippen molar-refractivity contribution < 1.29 is 9.59 Å². The Hall–Kier alpha value is -1.44. The molecule has 7 heteroatoms. The fourth-order valence-electron chi connectivity index (χ4n) is 2.81. The van der Waals surface area contributed by atoms with Crippen LogP contribution in [0.15, 0.2) is 17.5 Å². The lowest BCUT2D eigenvalue weighted by Gasteiger charge is -2.35. The molecule has 0 aliphatic carbocycles. The van der Waals surface area contributed by atoms with Crippen LogP contribution in [-0.2, 0) is 16.1 Å². The van der Waals surface area contributed by atoms with Crippen LogP contribution in [0.2, 0.25) is 0 Å². The highest BCUT2D eigenvalue weighted by Gasteiger charge is 2.23. The maximum Gasteiger partial charge on any atom is 0.236 e. The predicted molar refractivity (Wildman–Crippen MR) is 97.0 cm³/mol. The Morgan fingerprint density at radius 1 is 1.21 bits per heavy atom. The summed E-state index contributed by atoms with van der Waals surface area (Å²) in [5.41, 5.74) is 0. The lowest BCUT2D eigenvalue weighted by Crippen LogP contribution is -2.51. The first-order valence-electron chi connectivity index (χ1n) is 8.64. The zero-order valence-electron chi connectivity index (χ0n) is 14.7. The number of carbonyl (C=O) groups excluding carboxylic acids is 2. The molecule has 2 heterocycles. The zero-order valence-corrected chi connectivity index (χ0v) is 15.5. The van der Waals surface area contributed by atoms with Crippen LogP contribution in [0.25, 0.3) is 0 Å². The molecule has 6 nitrogen and oxygen atoms in total. The van der Waals surface area contributed by atoms with Gasteiger partial charge >= 0.3 is 0 Å². The highest BCUT2D eigenvalue weighted by Crippen LogP contribution is 2.13. The van der Waals surface area contributed by atoms with Crippen LogP contribution < -0.4 is 5.32 Å². The Kier molecular flexibility index (Phi) is 7.68. The quantitative estimate of drug-likeness (QED) is 0.754. The number of nitrogens with one attached hydrogen (secondary N) is 1. The average molecular weight is 353 g/mol. The standard InChI is InChI=1S/C17H28N4O2S/c1-3-18-16(22)13-19(4-2)14-17(23)21-9-7-20(8-10-21)12-15-6-5-11-24-15/h5-6,11H,3-4,7-10,12-14H2,1-2H3,(H,18,22). The third kappa shape index (κ3) is 5.89. The van der Waals surface area contributed by atoms with Crippen molar-refractivity contribution in [3.63, 3.8) is 0 Å². The zero-order chi connectivity index (χ0) is 17.4. The summed E-state index contributed by atoms with van der Waals surface area (Å²) in [5.74, 6) is 0.102. The molecule has 0 saturated carbocycles. The van der Waals surface area contributed by atoms with E-state index < -0.39 is 0 Å². The Morgan fingerprint density at radius 2 is 1.96 bits per heavy atom. The van der Waals surface area contributed by atoms with Gasteiger partial charge in [-0.05, 0) is 24.9 Å². The summed E-state index contributed by atoms with van der Waals surface area (Å²) in [6, 6.07) is 4.23. The maximum atomic E-state index is 12.5. The summed E-state index contributed by atoms with van der Waals surface area (Å²) in [7, 11) is 0. The van der Waals surface area contributed by atoms with Crippen molar-refractivity contribution in [1.82, 2.24) is 20.0 Å². The number of hydrogen-bond donors (Lipinski definition) is 1. The van der Waals surface area contributed by atoms with Crippen LogP contribution in [0.5, 0.6) is 0 Å². The molecule has 0 unspecified atom stereocenters. The topological polar surface area (TPSA) is 55.9 Å². The largest absolute Gasteiger partial charge is 0.355 e. The van der Waals surface area contributed by atoms with Gasteiger partial charge in [0.05, 0.1) is 13.1 Å². The van der Waals surface area contributed by atoms with Gasteiger partial charge in [-0.2, -0.15) is 0 Å². The van der Waals surface area contributed by atoms with E-state index in [0.717, 1.165) is 32.7 Å². The molecule has 0 spiro atoms. The van der Waals surface area contributed by atoms with Gasteiger partial charge in [0.2, 0.25) is 11.8 Å². The number of thiophene rings is 1. The fraction of sp³-hybridized carbons (Fsp3) is 0.647. The molecule has 1 aliphatic rings. The van der Waals surface area contributed by atoms with Crippen LogP contribution in [0, 0.1) is 0 Å². The van der Waals surface area contributed by atoms with E-state index in [9.17, 15) is 9.59 Å². The molecule has 0 bridgehead atoms. The van der Waals surface area contributed by atoms with Crippen LogP contribution in [-0.4, -0.2) is 78.9 Å². The van der Waals surface area contributed by atoms with Gasteiger partial charge in [-0.1, -0.05) is 13.0 Å². The van der Waals surface area contributed by atoms with Crippen LogP contribution in [0.3, 0.4) is 0 Å². The van der Waals surface area contributed by atoms with Gasteiger partial charge in [0.1, 0.15) is 0 Å². The molecule has 1 aromatic heterocycles. The van der Waals surface area contributed by atoms with E-state index in [0.29, 0.717) is 19.6 Å². The first-order chi connectivity index (χ1) is 11.6. The lowest BCUT2D eigenvalue weighted by atomic mass is 10.3. The average Bonchev–Trinajstić information content (AvgIpc) is 3.08. The van der Waals surface area contributed by atoms with E-state index >= 15 is 0 Å². The van der Waals surface area contributed by atoms with Gasteiger partial charge in [-0.25, -0.2) is 0 Å². The number of likely N-dealkylation sites (N-methyl/N-ethyl adjacent to an activating group) is 2. The molecule has 2 amide bonds. The van der Waals surface area contributed by atoms with Crippen molar-refractivity contribution in [2.75, 3.05) is 52.4 Å². The van der Waals surface area contributed by atoms with Gasteiger partial charge in [0.15, 0.2) is 0 Å².